The Morgan fingerprint density at radius 3 is 2.91 bits per heavy atom. The van der Waals surface area contributed by atoms with E-state index < -0.39 is 0 Å². The van der Waals surface area contributed by atoms with E-state index in [2.05, 4.69) is 4.98 Å². The van der Waals surface area contributed by atoms with Crippen LogP contribution in [-0.2, 0) is 9.53 Å². The van der Waals surface area contributed by atoms with E-state index in [1.807, 2.05) is 60.4 Å². The first-order chi connectivity index (χ1) is 11.2. The molecule has 1 unspecified atom stereocenters. The number of hydrogen-bond donors (Lipinski definition) is 0. The van der Waals surface area contributed by atoms with Gasteiger partial charge in [0.2, 0.25) is 5.91 Å². The lowest BCUT2D eigenvalue weighted by molar-refractivity contribution is -0.133. The van der Waals surface area contributed by atoms with Gasteiger partial charge >= 0.3 is 0 Å². The van der Waals surface area contributed by atoms with E-state index >= 15 is 0 Å². The van der Waals surface area contributed by atoms with Crippen LogP contribution in [0.4, 0.5) is 0 Å². The van der Waals surface area contributed by atoms with E-state index in [0.29, 0.717) is 19.7 Å². The molecule has 23 heavy (non-hydrogen) atoms. The molecule has 0 radical (unpaired) electrons. The minimum Gasteiger partial charge on any atom is -0.370 e. The van der Waals surface area contributed by atoms with E-state index in [-0.39, 0.29) is 12.0 Å². The maximum Gasteiger partial charge on any atom is 0.246 e. The fourth-order valence-electron chi connectivity index (χ4n) is 2.66. The Labute approximate surface area is 136 Å². The highest BCUT2D eigenvalue weighted by Gasteiger charge is 2.24. The molecule has 1 aromatic carbocycles. The number of rotatable bonds is 3. The zero-order valence-corrected chi connectivity index (χ0v) is 13.2. The molecule has 0 aliphatic carbocycles. The zero-order chi connectivity index (χ0) is 16.1. The third-order valence-corrected chi connectivity index (χ3v) is 3.89. The van der Waals surface area contributed by atoms with Gasteiger partial charge in [-0.1, -0.05) is 30.3 Å². The van der Waals surface area contributed by atoms with Gasteiger partial charge in [0.15, 0.2) is 0 Å². The molecule has 1 fully saturated rings. The molecule has 0 saturated carbocycles. The summed E-state index contributed by atoms with van der Waals surface area (Å²) in [7, 11) is 0. The van der Waals surface area contributed by atoms with Crippen LogP contribution in [0.15, 0.2) is 54.7 Å². The second-order valence-corrected chi connectivity index (χ2v) is 5.62. The van der Waals surface area contributed by atoms with Crippen molar-refractivity contribution in [3.8, 4) is 0 Å². The first-order valence-electron chi connectivity index (χ1n) is 7.78. The first-order valence-corrected chi connectivity index (χ1v) is 7.78. The lowest BCUT2D eigenvalue weighted by Gasteiger charge is -2.32. The van der Waals surface area contributed by atoms with Gasteiger partial charge in [-0.3, -0.25) is 9.78 Å². The number of benzene rings is 1. The van der Waals surface area contributed by atoms with Crippen LogP contribution in [0.2, 0.25) is 0 Å². The largest absolute Gasteiger partial charge is 0.370 e. The maximum absolute atomic E-state index is 12.4. The lowest BCUT2D eigenvalue weighted by atomic mass is 10.1. The molecule has 1 atom stereocenters. The number of pyridine rings is 1. The van der Waals surface area contributed by atoms with Gasteiger partial charge in [-0.05, 0) is 36.3 Å². The van der Waals surface area contributed by atoms with Crippen LogP contribution in [0.3, 0.4) is 0 Å². The predicted molar refractivity (Wildman–Crippen MR) is 89.7 cm³/mol. The Balaban J connectivity index is 1.66. The Morgan fingerprint density at radius 1 is 1.30 bits per heavy atom. The number of aromatic nitrogens is 1. The molecule has 2 heterocycles. The predicted octanol–water partition coefficient (Wildman–Crippen LogP) is 3.00. The zero-order valence-electron chi connectivity index (χ0n) is 13.2. The average Bonchev–Trinajstić information content (AvgIpc) is 2.61. The molecule has 0 spiro atoms. The number of morpholine rings is 1. The third kappa shape index (κ3) is 4.05. The average molecular weight is 308 g/mol. The number of carbonyl (C=O) groups is 1. The van der Waals surface area contributed by atoms with E-state index in [4.69, 9.17) is 4.74 Å². The van der Waals surface area contributed by atoms with Gasteiger partial charge < -0.3 is 9.64 Å². The molecule has 1 aromatic heterocycles. The van der Waals surface area contributed by atoms with Crippen LogP contribution in [0.25, 0.3) is 6.08 Å². The molecular weight excluding hydrogens is 288 g/mol. The van der Waals surface area contributed by atoms with Gasteiger partial charge in [0.05, 0.1) is 13.2 Å². The molecule has 118 valence electrons. The summed E-state index contributed by atoms with van der Waals surface area (Å²) in [6.07, 6.45) is 5.18. The number of aryl methyl sites for hydroxylation is 1. The quantitative estimate of drug-likeness (QED) is 0.819. The van der Waals surface area contributed by atoms with Crippen molar-refractivity contribution < 1.29 is 9.53 Å². The van der Waals surface area contributed by atoms with Gasteiger partial charge in [-0.2, -0.15) is 0 Å². The second kappa shape index (κ2) is 7.20. The highest BCUT2D eigenvalue weighted by Crippen LogP contribution is 2.22. The van der Waals surface area contributed by atoms with Crippen molar-refractivity contribution in [1.82, 2.24) is 9.88 Å². The molecule has 4 heteroatoms. The van der Waals surface area contributed by atoms with E-state index in [9.17, 15) is 4.79 Å². The summed E-state index contributed by atoms with van der Waals surface area (Å²) in [4.78, 5) is 18.4. The summed E-state index contributed by atoms with van der Waals surface area (Å²) >= 11 is 0. The van der Waals surface area contributed by atoms with Gasteiger partial charge in [-0.25, -0.2) is 0 Å². The Kier molecular flexibility index (Phi) is 4.83. The van der Waals surface area contributed by atoms with Crippen molar-refractivity contribution in [2.45, 2.75) is 13.0 Å². The van der Waals surface area contributed by atoms with Crippen LogP contribution < -0.4 is 0 Å². The first kappa shape index (κ1) is 15.4. The molecular formula is C19H20N2O2. The van der Waals surface area contributed by atoms with Crippen LogP contribution in [0, 0.1) is 6.92 Å². The monoisotopic (exact) mass is 308 g/mol. The van der Waals surface area contributed by atoms with Crippen LogP contribution in [-0.4, -0.2) is 35.5 Å². The van der Waals surface area contributed by atoms with Crippen molar-refractivity contribution in [2.75, 3.05) is 19.7 Å². The minimum atomic E-state index is -0.0838. The van der Waals surface area contributed by atoms with Crippen molar-refractivity contribution in [3.63, 3.8) is 0 Å². The molecule has 1 saturated heterocycles. The Bertz CT molecular complexity index is 698. The molecule has 1 aliphatic heterocycles. The number of amides is 1. The third-order valence-electron chi connectivity index (χ3n) is 3.89. The minimum absolute atomic E-state index is 0.0212. The summed E-state index contributed by atoms with van der Waals surface area (Å²) in [5, 5.41) is 0. The number of ether oxygens (including phenoxy) is 1. The van der Waals surface area contributed by atoms with Crippen molar-refractivity contribution in [2.24, 2.45) is 0 Å². The smallest absolute Gasteiger partial charge is 0.246 e. The highest BCUT2D eigenvalue weighted by molar-refractivity contribution is 5.91. The standard InChI is InChI=1S/C19H20N2O2/c1-15-13-17(9-10-20-15)18-14-21(11-12-23-18)19(22)8-7-16-5-3-2-4-6-16/h2-10,13,18H,11-12,14H2,1H3. The summed E-state index contributed by atoms with van der Waals surface area (Å²) < 4.78 is 5.82. The van der Waals surface area contributed by atoms with Crippen molar-refractivity contribution >= 4 is 12.0 Å². The molecule has 0 bridgehead atoms. The lowest BCUT2D eigenvalue weighted by Crippen LogP contribution is -2.41. The molecule has 2 aromatic rings. The topological polar surface area (TPSA) is 42.4 Å². The number of carbonyl (C=O) groups excluding carboxylic acids is 1. The second-order valence-electron chi connectivity index (χ2n) is 5.62. The van der Waals surface area contributed by atoms with Crippen LogP contribution >= 0.6 is 0 Å². The van der Waals surface area contributed by atoms with Gasteiger partial charge in [-0.15, -0.1) is 0 Å². The van der Waals surface area contributed by atoms with Crippen LogP contribution in [0.5, 0.6) is 0 Å². The Hall–Kier alpha value is -2.46. The maximum atomic E-state index is 12.4. The molecule has 3 rings (SSSR count). The summed E-state index contributed by atoms with van der Waals surface area (Å²) in [6.45, 7) is 3.70. The summed E-state index contributed by atoms with van der Waals surface area (Å²) in [5.74, 6) is 0.0212. The van der Waals surface area contributed by atoms with Crippen molar-refractivity contribution in [3.05, 3.63) is 71.6 Å². The van der Waals surface area contributed by atoms with Crippen molar-refractivity contribution in [1.29, 1.82) is 0 Å². The molecule has 1 amide bonds. The fourth-order valence-corrected chi connectivity index (χ4v) is 2.66. The SMILES string of the molecule is Cc1cc(C2CN(C(=O)C=Cc3ccccc3)CCO2)ccn1. The highest BCUT2D eigenvalue weighted by atomic mass is 16.5. The normalized spacial score (nSPS) is 18.3. The number of nitrogens with zero attached hydrogens (tertiary/aromatic N) is 2. The molecule has 4 nitrogen and oxygen atoms in total. The molecule has 0 N–H and O–H groups in total. The van der Waals surface area contributed by atoms with E-state index in [0.717, 1.165) is 16.8 Å². The number of hydrogen-bond acceptors (Lipinski definition) is 3. The van der Waals surface area contributed by atoms with Gasteiger partial charge in [0, 0.05) is 24.5 Å². The van der Waals surface area contributed by atoms with Gasteiger partial charge in [0.25, 0.3) is 0 Å². The van der Waals surface area contributed by atoms with E-state index in [1.54, 1.807) is 12.3 Å². The fraction of sp³-hybridized carbons (Fsp3) is 0.263. The summed E-state index contributed by atoms with van der Waals surface area (Å²) in [6, 6.07) is 13.8. The van der Waals surface area contributed by atoms with Crippen LogP contribution in [0.1, 0.15) is 22.9 Å². The van der Waals surface area contributed by atoms with Gasteiger partial charge in [0.1, 0.15) is 6.10 Å². The Morgan fingerprint density at radius 2 is 2.13 bits per heavy atom. The summed E-state index contributed by atoms with van der Waals surface area (Å²) in [5.41, 5.74) is 3.05. The molecule has 1 aliphatic rings. The van der Waals surface area contributed by atoms with E-state index in [1.165, 1.54) is 0 Å².